The van der Waals surface area contributed by atoms with Gasteiger partial charge in [0.15, 0.2) is 4.80 Å². The zero-order valence-electron chi connectivity index (χ0n) is 18.7. The van der Waals surface area contributed by atoms with Crippen molar-refractivity contribution in [3.05, 3.63) is 78.7 Å². The summed E-state index contributed by atoms with van der Waals surface area (Å²) in [6.45, 7) is 3.79. The summed E-state index contributed by atoms with van der Waals surface area (Å²) in [6.07, 6.45) is 5.34. The number of rotatable bonds is 5. The third kappa shape index (κ3) is 3.91. The van der Waals surface area contributed by atoms with Crippen molar-refractivity contribution in [2.75, 3.05) is 25.6 Å². The van der Waals surface area contributed by atoms with Gasteiger partial charge >= 0.3 is 5.97 Å². The minimum absolute atomic E-state index is 0.200. The van der Waals surface area contributed by atoms with E-state index in [2.05, 4.69) is 10.1 Å². The van der Waals surface area contributed by atoms with E-state index in [0.29, 0.717) is 20.6 Å². The van der Waals surface area contributed by atoms with Crippen molar-refractivity contribution in [1.82, 2.24) is 14.3 Å². The second kappa shape index (κ2) is 8.58. The molecule has 0 radical (unpaired) electrons. The molecule has 0 saturated carbocycles. The van der Waals surface area contributed by atoms with E-state index < -0.39 is 12.0 Å². The van der Waals surface area contributed by atoms with Gasteiger partial charge in [-0.3, -0.25) is 14.0 Å². The molecule has 0 aliphatic carbocycles. The summed E-state index contributed by atoms with van der Waals surface area (Å²) in [6, 6.07) is 7.21. The van der Waals surface area contributed by atoms with Gasteiger partial charge in [0.05, 0.1) is 34.6 Å². The van der Waals surface area contributed by atoms with Gasteiger partial charge in [0, 0.05) is 38.6 Å². The molecule has 1 aliphatic rings. The minimum atomic E-state index is -0.613. The molecular weight excluding hydrogens is 426 g/mol. The molecule has 1 atom stereocenters. The summed E-state index contributed by atoms with van der Waals surface area (Å²) in [5.41, 5.74) is 3.40. The maximum absolute atomic E-state index is 13.5. The molecule has 0 unspecified atom stereocenters. The number of esters is 1. The van der Waals surface area contributed by atoms with E-state index in [1.165, 1.54) is 11.3 Å². The third-order valence-corrected chi connectivity index (χ3v) is 6.25. The van der Waals surface area contributed by atoms with E-state index in [4.69, 9.17) is 4.74 Å². The fraction of sp³-hybridized carbons (Fsp3) is 0.304. The largest absolute Gasteiger partial charge is 0.463 e. The Labute approximate surface area is 189 Å². The number of aryl methyl sites for hydroxylation is 1. The Morgan fingerprint density at radius 2 is 2.00 bits per heavy atom. The SMILES string of the molecule is CCOC(=O)C1=C(C)N=c2s/c(=C\c3cnn(C)c3)c(=O)n2[C@@H]1c1ccc(N(C)C)cc1. The van der Waals surface area contributed by atoms with Crippen LogP contribution in [-0.2, 0) is 16.6 Å². The van der Waals surface area contributed by atoms with Crippen molar-refractivity contribution in [1.29, 1.82) is 0 Å². The number of hydrogen-bond acceptors (Lipinski definition) is 7. The van der Waals surface area contributed by atoms with Gasteiger partial charge in [0.2, 0.25) is 0 Å². The molecule has 1 aromatic carbocycles. The number of fused-ring (bicyclic) bond motifs is 1. The van der Waals surface area contributed by atoms with Crippen LogP contribution in [0.3, 0.4) is 0 Å². The van der Waals surface area contributed by atoms with E-state index >= 15 is 0 Å². The summed E-state index contributed by atoms with van der Waals surface area (Å²) in [5.74, 6) is -0.461. The van der Waals surface area contributed by atoms with Crippen molar-refractivity contribution < 1.29 is 9.53 Å². The summed E-state index contributed by atoms with van der Waals surface area (Å²) >= 11 is 1.30. The molecule has 3 aromatic rings. The Balaban J connectivity index is 1.93. The number of nitrogens with zero attached hydrogens (tertiary/aromatic N) is 5. The lowest BCUT2D eigenvalue weighted by atomic mass is 9.95. The van der Waals surface area contributed by atoms with Gasteiger partial charge in [0.25, 0.3) is 5.56 Å². The highest BCUT2D eigenvalue weighted by molar-refractivity contribution is 7.07. The number of carbonyl (C=O) groups excluding carboxylic acids is 1. The van der Waals surface area contributed by atoms with Crippen molar-refractivity contribution in [2.24, 2.45) is 12.0 Å². The highest BCUT2D eigenvalue weighted by Gasteiger charge is 2.33. The molecule has 9 heteroatoms. The van der Waals surface area contributed by atoms with Crippen molar-refractivity contribution >= 4 is 29.1 Å². The van der Waals surface area contributed by atoms with Gasteiger partial charge in [0.1, 0.15) is 0 Å². The second-order valence-corrected chi connectivity index (χ2v) is 8.74. The van der Waals surface area contributed by atoms with Gasteiger partial charge in [-0.05, 0) is 37.6 Å². The number of thiazole rings is 1. The molecule has 0 amide bonds. The van der Waals surface area contributed by atoms with Crippen LogP contribution in [0.5, 0.6) is 0 Å². The third-order valence-electron chi connectivity index (χ3n) is 5.26. The van der Waals surface area contributed by atoms with E-state index in [-0.39, 0.29) is 12.2 Å². The number of allylic oxidation sites excluding steroid dienone is 1. The fourth-order valence-corrected chi connectivity index (χ4v) is 4.77. The fourth-order valence-electron chi connectivity index (χ4n) is 3.73. The highest BCUT2D eigenvalue weighted by Crippen LogP contribution is 2.31. The van der Waals surface area contributed by atoms with Crippen LogP contribution >= 0.6 is 11.3 Å². The van der Waals surface area contributed by atoms with Gasteiger partial charge in [-0.15, -0.1) is 0 Å². The van der Waals surface area contributed by atoms with E-state index in [1.54, 1.807) is 35.4 Å². The molecule has 1 aliphatic heterocycles. The Morgan fingerprint density at radius 3 is 2.59 bits per heavy atom. The Hall–Kier alpha value is -3.46. The second-order valence-electron chi connectivity index (χ2n) is 7.74. The summed E-state index contributed by atoms with van der Waals surface area (Å²) < 4.78 is 9.14. The maximum atomic E-state index is 13.5. The predicted molar refractivity (Wildman–Crippen MR) is 124 cm³/mol. The van der Waals surface area contributed by atoms with Crippen LogP contribution < -0.4 is 19.8 Å². The smallest absolute Gasteiger partial charge is 0.338 e. The van der Waals surface area contributed by atoms with Gasteiger partial charge in [-0.25, -0.2) is 9.79 Å². The molecule has 0 spiro atoms. The number of hydrogen-bond donors (Lipinski definition) is 0. The van der Waals surface area contributed by atoms with Gasteiger partial charge in [-0.2, -0.15) is 5.10 Å². The number of ether oxygens (including phenoxy) is 1. The summed E-state index contributed by atoms with van der Waals surface area (Å²) in [4.78, 5) is 33.5. The first-order valence-electron chi connectivity index (χ1n) is 10.3. The first-order chi connectivity index (χ1) is 15.3. The molecule has 3 heterocycles. The Kier molecular flexibility index (Phi) is 5.84. The molecular formula is C23H25N5O3S. The normalized spacial score (nSPS) is 16.0. The number of anilines is 1. The van der Waals surface area contributed by atoms with Crippen LogP contribution in [0.25, 0.3) is 6.08 Å². The average molecular weight is 452 g/mol. The van der Waals surface area contributed by atoms with E-state index in [1.807, 2.05) is 56.5 Å². The van der Waals surface area contributed by atoms with Crippen LogP contribution in [0, 0.1) is 0 Å². The quantitative estimate of drug-likeness (QED) is 0.551. The molecule has 0 saturated heterocycles. The summed E-state index contributed by atoms with van der Waals surface area (Å²) in [7, 11) is 5.75. The first kappa shape index (κ1) is 21.8. The molecule has 0 fully saturated rings. The van der Waals surface area contributed by atoms with Crippen molar-refractivity contribution in [3.63, 3.8) is 0 Å². The van der Waals surface area contributed by atoms with Gasteiger partial charge < -0.3 is 9.64 Å². The van der Waals surface area contributed by atoms with Crippen LogP contribution in [0.4, 0.5) is 5.69 Å². The first-order valence-corrected chi connectivity index (χ1v) is 11.1. The lowest BCUT2D eigenvalue weighted by Crippen LogP contribution is -2.39. The zero-order chi connectivity index (χ0) is 23.0. The molecule has 32 heavy (non-hydrogen) atoms. The topological polar surface area (TPSA) is 81.7 Å². The average Bonchev–Trinajstić information content (AvgIpc) is 3.30. The Morgan fingerprint density at radius 1 is 1.28 bits per heavy atom. The standard InChI is InChI=1S/C23H25N5O3S/c1-6-31-22(30)19-14(2)25-23-28(20(19)16-7-9-17(10-8-16)26(3)4)21(29)18(32-23)11-15-12-24-27(5)13-15/h7-13,20H,6H2,1-5H3/b18-11-/t20-/m1/s1. The van der Waals surface area contributed by atoms with Gasteiger partial charge in [-0.1, -0.05) is 23.5 Å². The number of aromatic nitrogens is 3. The lowest BCUT2D eigenvalue weighted by molar-refractivity contribution is -0.139. The summed E-state index contributed by atoms with van der Waals surface area (Å²) in [5, 5.41) is 4.16. The van der Waals surface area contributed by atoms with Crippen molar-refractivity contribution in [3.8, 4) is 0 Å². The predicted octanol–water partition coefficient (Wildman–Crippen LogP) is 1.60. The number of carbonyl (C=O) groups is 1. The minimum Gasteiger partial charge on any atom is -0.463 e. The van der Waals surface area contributed by atoms with Crippen LogP contribution in [-0.4, -0.2) is 41.0 Å². The van der Waals surface area contributed by atoms with E-state index in [0.717, 1.165) is 16.8 Å². The zero-order valence-corrected chi connectivity index (χ0v) is 19.5. The molecule has 0 N–H and O–H groups in total. The van der Waals surface area contributed by atoms with E-state index in [9.17, 15) is 9.59 Å². The molecule has 166 valence electrons. The van der Waals surface area contributed by atoms with Crippen molar-refractivity contribution in [2.45, 2.75) is 19.9 Å². The van der Waals surface area contributed by atoms with Crippen LogP contribution in [0.15, 0.2) is 57.7 Å². The molecule has 2 aromatic heterocycles. The lowest BCUT2D eigenvalue weighted by Gasteiger charge is -2.25. The van der Waals surface area contributed by atoms with Crippen LogP contribution in [0.2, 0.25) is 0 Å². The molecule has 0 bridgehead atoms. The monoisotopic (exact) mass is 451 g/mol. The highest BCUT2D eigenvalue weighted by atomic mass is 32.1. The number of benzene rings is 1. The molecule has 8 nitrogen and oxygen atoms in total. The Bertz CT molecular complexity index is 1380. The molecule has 4 rings (SSSR count). The van der Waals surface area contributed by atoms with Crippen LogP contribution in [0.1, 0.15) is 31.0 Å². The maximum Gasteiger partial charge on any atom is 0.338 e.